The average molecular weight is 874 g/mol. The molecule has 0 aliphatic rings. The summed E-state index contributed by atoms with van der Waals surface area (Å²) in [6, 6.07) is 23.8. The standard InChI is InChI=1S/C8H4N2O5.C8H10N2O3.C8H12N2O.C8H5NO3.C7H8N2O3/c11-7-5-3-4(10(13)14)1-2-6(5)9-8(12)15-7;1-13-5-6-4-7(10(11)12)2-3-8(6)9;1-11-5-6-4-7(9)2-3-8(6)10;10-7-5-3-1-2-4-6(5)9-8(11)12-7;8-7-2-1-6(9(11)12)3-5(7)4-10/h1-3H,(H,9,12);2-4H,5,9H2,1H3;2-4H,5,9-10H2,1H3;1-4H,(H,9,11);1-3,10H,4,8H2. The van der Waals surface area contributed by atoms with Crippen molar-refractivity contribution in [3.05, 3.63) is 186 Å². The predicted molar refractivity (Wildman–Crippen MR) is 230 cm³/mol. The highest BCUT2D eigenvalue weighted by Crippen LogP contribution is 2.21. The van der Waals surface area contributed by atoms with Crippen LogP contribution < -0.4 is 45.7 Å². The number of aromatic amines is 2. The van der Waals surface area contributed by atoms with Crippen LogP contribution in [0.3, 0.4) is 0 Å². The quantitative estimate of drug-likeness (QED) is 0.0647. The number of nitrogen functional groups attached to an aromatic ring is 4. The minimum absolute atomic E-state index is 0.0243. The van der Waals surface area contributed by atoms with Crippen molar-refractivity contribution >= 4 is 61.6 Å². The number of nitrogens with two attached hydrogens (primary N) is 4. The molecule has 0 aliphatic heterocycles. The van der Waals surface area contributed by atoms with E-state index in [0.717, 1.165) is 17.3 Å². The molecule has 24 nitrogen and oxygen atoms in total. The zero-order valence-corrected chi connectivity index (χ0v) is 33.2. The molecular formula is C39H39N9O15. The first-order valence-electron chi connectivity index (χ1n) is 17.6. The van der Waals surface area contributed by atoms with Crippen LogP contribution in [0.5, 0.6) is 0 Å². The van der Waals surface area contributed by atoms with Crippen LogP contribution in [0.1, 0.15) is 16.7 Å². The minimum Gasteiger partial charge on any atom is -0.399 e. The molecule has 0 atom stereocenters. The molecular weight excluding hydrogens is 834 g/mol. The number of ether oxygens (including phenoxy) is 2. The van der Waals surface area contributed by atoms with Crippen molar-refractivity contribution in [1.29, 1.82) is 0 Å². The molecule has 2 aromatic heterocycles. The van der Waals surface area contributed by atoms with Gasteiger partial charge in [0.2, 0.25) is 0 Å². The molecule has 7 aromatic rings. The summed E-state index contributed by atoms with van der Waals surface area (Å²) >= 11 is 0. The van der Waals surface area contributed by atoms with E-state index >= 15 is 0 Å². The number of nitrogens with one attached hydrogen (secondary N) is 2. The maximum atomic E-state index is 11.2. The van der Waals surface area contributed by atoms with Crippen LogP contribution in [0, 0.1) is 30.3 Å². The first kappa shape index (κ1) is 48.6. The van der Waals surface area contributed by atoms with Gasteiger partial charge >= 0.3 is 22.8 Å². The molecule has 5 aromatic carbocycles. The van der Waals surface area contributed by atoms with E-state index in [-0.39, 0.29) is 41.2 Å². The van der Waals surface area contributed by atoms with Crippen molar-refractivity contribution in [3.63, 3.8) is 0 Å². The Morgan fingerprint density at radius 2 is 0.968 bits per heavy atom. The number of aromatic nitrogens is 2. The van der Waals surface area contributed by atoms with Crippen LogP contribution in [-0.2, 0) is 29.3 Å². The number of H-pyrrole nitrogens is 2. The van der Waals surface area contributed by atoms with Gasteiger partial charge in [0.1, 0.15) is 0 Å². The maximum Gasteiger partial charge on any atom is 0.419 e. The largest absolute Gasteiger partial charge is 0.419 e. The molecule has 330 valence electrons. The Bertz CT molecular complexity index is 2960. The maximum absolute atomic E-state index is 11.2. The van der Waals surface area contributed by atoms with Gasteiger partial charge in [0.15, 0.2) is 0 Å². The Balaban J connectivity index is 0.000000210. The van der Waals surface area contributed by atoms with Gasteiger partial charge in [0.25, 0.3) is 17.1 Å². The highest BCUT2D eigenvalue weighted by molar-refractivity contribution is 5.79. The summed E-state index contributed by atoms with van der Waals surface area (Å²) in [7, 11) is 3.14. The molecule has 24 heteroatoms. The van der Waals surface area contributed by atoms with Gasteiger partial charge in [0.05, 0.1) is 56.4 Å². The Labute approximate surface area is 352 Å². The van der Waals surface area contributed by atoms with E-state index in [1.165, 1.54) is 55.6 Å². The summed E-state index contributed by atoms with van der Waals surface area (Å²) < 4.78 is 18.3. The minimum atomic E-state index is -0.891. The summed E-state index contributed by atoms with van der Waals surface area (Å²) in [5, 5.41) is 40.2. The summed E-state index contributed by atoms with van der Waals surface area (Å²) in [5.74, 6) is -1.61. The highest BCUT2D eigenvalue weighted by Gasteiger charge is 2.11. The number of aliphatic hydroxyl groups excluding tert-OH is 1. The number of non-ortho nitro benzene ring substituents is 3. The van der Waals surface area contributed by atoms with E-state index in [2.05, 4.69) is 18.8 Å². The van der Waals surface area contributed by atoms with Crippen molar-refractivity contribution in [2.75, 3.05) is 37.2 Å². The van der Waals surface area contributed by atoms with Crippen molar-refractivity contribution in [3.8, 4) is 0 Å². The molecule has 2 heterocycles. The number of anilines is 4. The number of hydrogen-bond acceptors (Lipinski definition) is 19. The number of nitrogens with zero attached hydrogens (tertiary/aromatic N) is 3. The number of aliphatic hydroxyl groups is 1. The normalized spacial score (nSPS) is 10.1. The van der Waals surface area contributed by atoms with E-state index < -0.39 is 37.5 Å². The molecule has 0 bridgehead atoms. The van der Waals surface area contributed by atoms with Crippen molar-refractivity contribution in [2.24, 2.45) is 0 Å². The summed E-state index contributed by atoms with van der Waals surface area (Å²) in [4.78, 5) is 77.7. The van der Waals surface area contributed by atoms with E-state index in [4.69, 9.17) is 37.5 Å². The first-order chi connectivity index (χ1) is 29.9. The lowest BCUT2D eigenvalue weighted by Crippen LogP contribution is -2.14. The molecule has 0 unspecified atom stereocenters. The van der Waals surface area contributed by atoms with Crippen LogP contribution in [0.25, 0.3) is 21.8 Å². The Morgan fingerprint density at radius 3 is 1.48 bits per heavy atom. The van der Waals surface area contributed by atoms with Crippen LogP contribution in [-0.4, -0.2) is 44.1 Å². The number of nitro groups is 3. The van der Waals surface area contributed by atoms with Crippen molar-refractivity contribution in [2.45, 2.75) is 19.8 Å². The van der Waals surface area contributed by atoms with Crippen LogP contribution >= 0.6 is 0 Å². The zero-order valence-electron chi connectivity index (χ0n) is 33.2. The van der Waals surface area contributed by atoms with E-state index in [1.807, 2.05) is 6.07 Å². The molecule has 0 saturated carbocycles. The molecule has 63 heavy (non-hydrogen) atoms. The summed E-state index contributed by atoms with van der Waals surface area (Å²) in [6.07, 6.45) is 0. The number of para-hydroxylation sites is 1. The van der Waals surface area contributed by atoms with Gasteiger partial charge in [-0.15, -0.1) is 0 Å². The lowest BCUT2D eigenvalue weighted by atomic mass is 10.2. The number of methoxy groups -OCH3 is 2. The second-order valence-electron chi connectivity index (χ2n) is 12.4. The van der Waals surface area contributed by atoms with Crippen molar-refractivity contribution < 1.29 is 38.2 Å². The van der Waals surface area contributed by atoms with Crippen LogP contribution in [0.4, 0.5) is 39.8 Å². The third kappa shape index (κ3) is 14.5. The molecule has 7 rings (SSSR count). The molecule has 0 aliphatic carbocycles. The second kappa shape index (κ2) is 23.2. The third-order valence-corrected chi connectivity index (χ3v) is 8.04. The van der Waals surface area contributed by atoms with Gasteiger partial charge in [-0.3, -0.25) is 40.3 Å². The zero-order chi connectivity index (χ0) is 46.8. The molecule has 0 saturated heterocycles. The highest BCUT2D eigenvalue weighted by atomic mass is 16.6. The lowest BCUT2D eigenvalue weighted by Gasteiger charge is -2.04. The molecule has 0 amide bonds. The number of nitro benzene ring substituents is 3. The van der Waals surface area contributed by atoms with Crippen LogP contribution in [0.15, 0.2) is 125 Å². The number of fused-ring (bicyclic) bond motifs is 2. The second-order valence-corrected chi connectivity index (χ2v) is 12.4. The monoisotopic (exact) mass is 873 g/mol. The number of rotatable bonds is 8. The fourth-order valence-electron chi connectivity index (χ4n) is 4.98. The average Bonchev–Trinajstić information content (AvgIpc) is 3.24. The van der Waals surface area contributed by atoms with Gasteiger partial charge in [-0.1, -0.05) is 12.1 Å². The molecule has 0 fully saturated rings. The van der Waals surface area contributed by atoms with Gasteiger partial charge in [-0.2, -0.15) is 0 Å². The third-order valence-electron chi connectivity index (χ3n) is 8.04. The number of benzene rings is 5. The Morgan fingerprint density at radius 1 is 0.556 bits per heavy atom. The smallest absolute Gasteiger partial charge is 0.399 e. The van der Waals surface area contributed by atoms with Crippen molar-refractivity contribution in [1.82, 2.24) is 9.97 Å². The predicted octanol–water partition coefficient (Wildman–Crippen LogP) is 3.86. The topological polar surface area (TPSA) is 398 Å². The molecule has 0 radical (unpaired) electrons. The molecule has 11 N–H and O–H groups in total. The van der Waals surface area contributed by atoms with Crippen LogP contribution in [0.2, 0.25) is 0 Å². The SMILES string of the molecule is COCc1cc(N)ccc1N.COCc1cc([N+](=O)[O-])ccc1N.Nc1ccc([N+](=O)[O-])cc1CO.O=c1[nH]c2ccc([N+](=O)[O-])cc2c(=O)o1.O=c1[nH]c2ccccc2c(=O)o1. The van der Waals surface area contributed by atoms with Gasteiger partial charge in [-0.25, -0.2) is 19.2 Å². The Kier molecular flexibility index (Phi) is 17.9. The molecule has 0 spiro atoms. The Hall–Kier alpha value is -8.74. The first-order valence-corrected chi connectivity index (χ1v) is 17.6. The van der Waals surface area contributed by atoms with Gasteiger partial charge < -0.3 is 46.3 Å². The fourth-order valence-corrected chi connectivity index (χ4v) is 4.98. The van der Waals surface area contributed by atoms with Gasteiger partial charge in [-0.05, 0) is 48.5 Å². The van der Waals surface area contributed by atoms with E-state index in [1.54, 1.807) is 43.5 Å². The summed E-state index contributed by atoms with van der Waals surface area (Å²) in [6.45, 7) is 0.512. The van der Waals surface area contributed by atoms with E-state index in [0.29, 0.717) is 45.7 Å². The fraction of sp³-hybridized carbons (Fsp3) is 0.128. The van der Waals surface area contributed by atoms with Gasteiger partial charge in [0, 0.05) is 90.1 Å². The van der Waals surface area contributed by atoms with E-state index in [9.17, 15) is 49.5 Å². The number of hydrogen-bond donors (Lipinski definition) is 7. The summed E-state index contributed by atoms with van der Waals surface area (Å²) in [5.41, 5.74) is 25.4. The lowest BCUT2D eigenvalue weighted by molar-refractivity contribution is -0.385.